The molecule has 1 aromatic rings. The summed E-state index contributed by atoms with van der Waals surface area (Å²) < 4.78 is 1.65. The standard InChI is InChI=1S/C13H16Br2N2O3/c1-8(12(18)19)3-2-6-16-13(20)17-11-7-9(14)4-5-10(11)15/h4-5,7-8H,2-3,6H2,1H3,(H,18,19)(H2,16,17,20). The van der Waals surface area contributed by atoms with E-state index in [0.717, 1.165) is 8.95 Å². The second-order valence-electron chi connectivity index (χ2n) is 4.39. The molecule has 0 saturated carbocycles. The van der Waals surface area contributed by atoms with Crippen molar-refractivity contribution in [3.05, 3.63) is 27.1 Å². The smallest absolute Gasteiger partial charge is 0.319 e. The van der Waals surface area contributed by atoms with Crippen LogP contribution in [0.1, 0.15) is 19.8 Å². The number of carboxylic acids is 1. The van der Waals surface area contributed by atoms with E-state index < -0.39 is 5.97 Å². The van der Waals surface area contributed by atoms with Gasteiger partial charge in [0.25, 0.3) is 0 Å². The molecule has 0 aliphatic rings. The van der Waals surface area contributed by atoms with E-state index in [1.54, 1.807) is 13.0 Å². The van der Waals surface area contributed by atoms with Crippen LogP contribution in [0.5, 0.6) is 0 Å². The minimum absolute atomic E-state index is 0.313. The average molecular weight is 408 g/mol. The van der Waals surface area contributed by atoms with Crippen LogP contribution >= 0.6 is 31.9 Å². The van der Waals surface area contributed by atoms with Gasteiger partial charge in [-0.2, -0.15) is 0 Å². The van der Waals surface area contributed by atoms with Crippen LogP contribution in [0.25, 0.3) is 0 Å². The van der Waals surface area contributed by atoms with Gasteiger partial charge in [-0.3, -0.25) is 4.79 Å². The molecule has 3 N–H and O–H groups in total. The Morgan fingerprint density at radius 1 is 1.35 bits per heavy atom. The predicted molar refractivity (Wildman–Crippen MR) is 84.9 cm³/mol. The van der Waals surface area contributed by atoms with Gasteiger partial charge in [-0.15, -0.1) is 0 Å². The van der Waals surface area contributed by atoms with E-state index in [4.69, 9.17) is 5.11 Å². The van der Waals surface area contributed by atoms with E-state index in [0.29, 0.717) is 25.1 Å². The van der Waals surface area contributed by atoms with Gasteiger partial charge in [0.1, 0.15) is 0 Å². The SMILES string of the molecule is CC(CCCNC(=O)Nc1cc(Br)ccc1Br)C(=O)O. The number of nitrogens with one attached hydrogen (secondary N) is 2. The topological polar surface area (TPSA) is 78.4 Å². The zero-order chi connectivity index (χ0) is 15.1. The maximum atomic E-state index is 11.7. The number of rotatable bonds is 6. The summed E-state index contributed by atoms with van der Waals surface area (Å²) in [6.45, 7) is 2.09. The Hall–Kier alpha value is -1.08. The zero-order valence-corrected chi connectivity index (χ0v) is 14.1. The highest BCUT2D eigenvalue weighted by atomic mass is 79.9. The fourth-order valence-corrected chi connectivity index (χ4v) is 2.20. The number of urea groups is 1. The van der Waals surface area contributed by atoms with Crippen molar-refractivity contribution in [3.63, 3.8) is 0 Å². The van der Waals surface area contributed by atoms with Crippen LogP contribution in [0.3, 0.4) is 0 Å². The van der Waals surface area contributed by atoms with Crippen LogP contribution in [0.15, 0.2) is 27.1 Å². The Bertz CT molecular complexity index is 495. The van der Waals surface area contributed by atoms with Gasteiger partial charge < -0.3 is 15.7 Å². The molecule has 110 valence electrons. The summed E-state index contributed by atoms with van der Waals surface area (Å²) in [5.74, 6) is -1.20. The summed E-state index contributed by atoms with van der Waals surface area (Å²) in [6.07, 6.45) is 1.16. The molecule has 0 radical (unpaired) electrons. The van der Waals surface area contributed by atoms with Crippen molar-refractivity contribution < 1.29 is 14.7 Å². The molecule has 2 amide bonds. The van der Waals surface area contributed by atoms with Crippen LogP contribution < -0.4 is 10.6 Å². The lowest BCUT2D eigenvalue weighted by Gasteiger charge is -2.10. The average Bonchev–Trinajstić information content (AvgIpc) is 2.38. The molecule has 0 aliphatic heterocycles. The molecule has 0 saturated heterocycles. The van der Waals surface area contributed by atoms with Crippen LogP contribution in [-0.2, 0) is 4.79 Å². The number of aliphatic carboxylic acids is 1. The number of carboxylic acid groups (broad SMARTS) is 1. The summed E-state index contributed by atoms with van der Waals surface area (Å²) in [6, 6.07) is 5.16. The van der Waals surface area contributed by atoms with Gasteiger partial charge >= 0.3 is 12.0 Å². The normalized spacial score (nSPS) is 11.8. The Morgan fingerprint density at radius 2 is 2.05 bits per heavy atom. The zero-order valence-electron chi connectivity index (χ0n) is 11.0. The molecule has 1 unspecified atom stereocenters. The third-order valence-electron chi connectivity index (χ3n) is 2.70. The van der Waals surface area contributed by atoms with Gasteiger partial charge in [-0.05, 0) is 47.0 Å². The molecule has 20 heavy (non-hydrogen) atoms. The highest BCUT2D eigenvalue weighted by Crippen LogP contribution is 2.25. The summed E-state index contributed by atoms with van der Waals surface area (Å²) in [7, 11) is 0. The molecule has 0 aromatic heterocycles. The quantitative estimate of drug-likeness (QED) is 0.627. The molecular weight excluding hydrogens is 392 g/mol. The van der Waals surface area contributed by atoms with Crippen LogP contribution in [0.4, 0.5) is 10.5 Å². The molecule has 1 aromatic carbocycles. The fourth-order valence-electron chi connectivity index (χ4n) is 1.49. The molecule has 1 atom stereocenters. The lowest BCUT2D eigenvalue weighted by Crippen LogP contribution is -2.30. The Labute approximate surface area is 134 Å². The molecule has 0 spiro atoms. The van der Waals surface area contributed by atoms with E-state index in [1.165, 1.54) is 0 Å². The van der Waals surface area contributed by atoms with Crippen molar-refractivity contribution >= 4 is 49.5 Å². The first-order valence-corrected chi connectivity index (χ1v) is 7.71. The van der Waals surface area contributed by atoms with E-state index in [1.807, 2.05) is 12.1 Å². The van der Waals surface area contributed by atoms with Crippen molar-refractivity contribution in [2.75, 3.05) is 11.9 Å². The molecule has 1 rings (SSSR count). The predicted octanol–water partition coefficient (Wildman–Crippen LogP) is 3.83. The van der Waals surface area contributed by atoms with Crippen LogP contribution in [0, 0.1) is 5.92 Å². The number of carbonyl (C=O) groups excluding carboxylic acids is 1. The van der Waals surface area contributed by atoms with E-state index >= 15 is 0 Å². The number of hydrogen-bond donors (Lipinski definition) is 3. The fraction of sp³-hybridized carbons (Fsp3) is 0.385. The number of halogens is 2. The lowest BCUT2D eigenvalue weighted by atomic mass is 10.1. The highest BCUT2D eigenvalue weighted by Gasteiger charge is 2.10. The second-order valence-corrected chi connectivity index (χ2v) is 6.16. The molecular formula is C13H16Br2N2O3. The largest absolute Gasteiger partial charge is 0.481 e. The van der Waals surface area contributed by atoms with E-state index in [2.05, 4.69) is 42.5 Å². The number of amides is 2. The first-order valence-electron chi connectivity index (χ1n) is 6.13. The molecule has 0 aliphatic carbocycles. The summed E-state index contributed by atoms with van der Waals surface area (Å²) >= 11 is 6.68. The molecule has 7 heteroatoms. The Morgan fingerprint density at radius 3 is 2.70 bits per heavy atom. The minimum Gasteiger partial charge on any atom is -0.481 e. The van der Waals surface area contributed by atoms with Gasteiger partial charge in [-0.25, -0.2) is 4.79 Å². The van der Waals surface area contributed by atoms with Gasteiger partial charge in [0.15, 0.2) is 0 Å². The number of carbonyl (C=O) groups is 2. The molecule has 0 bridgehead atoms. The molecule has 0 heterocycles. The maximum absolute atomic E-state index is 11.7. The van der Waals surface area contributed by atoms with Crippen molar-refractivity contribution in [2.24, 2.45) is 5.92 Å². The minimum atomic E-state index is -0.812. The molecule has 0 fully saturated rings. The lowest BCUT2D eigenvalue weighted by molar-refractivity contribution is -0.141. The van der Waals surface area contributed by atoms with Crippen molar-refractivity contribution in [2.45, 2.75) is 19.8 Å². The number of benzene rings is 1. The van der Waals surface area contributed by atoms with E-state index in [-0.39, 0.29) is 11.9 Å². The Balaban J connectivity index is 2.34. The van der Waals surface area contributed by atoms with Gasteiger partial charge in [0.2, 0.25) is 0 Å². The molecule has 5 nitrogen and oxygen atoms in total. The first kappa shape index (κ1) is 17.0. The van der Waals surface area contributed by atoms with Gasteiger partial charge in [0.05, 0.1) is 11.6 Å². The third kappa shape index (κ3) is 5.92. The second kappa shape index (κ2) is 8.26. The summed E-state index contributed by atoms with van der Waals surface area (Å²) in [5, 5.41) is 14.1. The van der Waals surface area contributed by atoms with E-state index in [9.17, 15) is 9.59 Å². The van der Waals surface area contributed by atoms with Gasteiger partial charge in [0, 0.05) is 15.5 Å². The van der Waals surface area contributed by atoms with Crippen molar-refractivity contribution in [1.82, 2.24) is 5.32 Å². The van der Waals surface area contributed by atoms with Crippen LogP contribution in [-0.4, -0.2) is 23.7 Å². The van der Waals surface area contributed by atoms with Crippen LogP contribution in [0.2, 0.25) is 0 Å². The monoisotopic (exact) mass is 406 g/mol. The van der Waals surface area contributed by atoms with Crippen molar-refractivity contribution in [1.29, 1.82) is 0 Å². The summed E-state index contributed by atoms with van der Waals surface area (Å²) in [4.78, 5) is 22.3. The summed E-state index contributed by atoms with van der Waals surface area (Å²) in [5.41, 5.74) is 0.663. The Kier molecular flexibility index (Phi) is 7.01. The third-order valence-corrected chi connectivity index (χ3v) is 3.88. The maximum Gasteiger partial charge on any atom is 0.319 e. The number of anilines is 1. The first-order chi connectivity index (χ1) is 9.40. The number of hydrogen-bond acceptors (Lipinski definition) is 2. The van der Waals surface area contributed by atoms with Crippen molar-refractivity contribution in [3.8, 4) is 0 Å². The highest BCUT2D eigenvalue weighted by molar-refractivity contribution is 9.11. The van der Waals surface area contributed by atoms with Gasteiger partial charge in [-0.1, -0.05) is 22.9 Å².